The normalized spacial score (nSPS) is 10.7. The third kappa shape index (κ3) is 3.40. The number of aryl methyl sites for hydroxylation is 1. The summed E-state index contributed by atoms with van der Waals surface area (Å²) in [7, 11) is 0. The summed E-state index contributed by atoms with van der Waals surface area (Å²) in [4.78, 5) is 0. The molecule has 4 heteroatoms. The quantitative estimate of drug-likeness (QED) is 0.649. The molecule has 0 bridgehead atoms. The van der Waals surface area contributed by atoms with Gasteiger partial charge >= 0.3 is 0 Å². The van der Waals surface area contributed by atoms with Crippen molar-refractivity contribution in [3.63, 3.8) is 0 Å². The zero-order valence-corrected chi connectivity index (χ0v) is 12.4. The number of amidine groups is 1. The standard InChI is InChI=1S/C17H19FN2O/c1-10(2)13-6-4-11(3)8-16(13)21-15-7-5-12(17(19)20)9-14(15)18/h4-10H,1-3H3,(H3,19,20). The Bertz CT molecular complexity index is 680. The molecule has 0 aliphatic rings. The minimum atomic E-state index is -0.529. The highest BCUT2D eigenvalue weighted by Crippen LogP contribution is 2.32. The van der Waals surface area contributed by atoms with E-state index in [2.05, 4.69) is 13.8 Å². The molecule has 3 nitrogen and oxygen atoms in total. The van der Waals surface area contributed by atoms with Crippen LogP contribution in [-0.4, -0.2) is 5.84 Å². The average molecular weight is 286 g/mol. The van der Waals surface area contributed by atoms with Gasteiger partial charge in [-0.1, -0.05) is 26.0 Å². The maximum atomic E-state index is 14.1. The molecule has 0 aromatic heterocycles. The van der Waals surface area contributed by atoms with Crippen molar-refractivity contribution in [1.82, 2.24) is 0 Å². The van der Waals surface area contributed by atoms with Gasteiger partial charge in [-0.05, 0) is 48.2 Å². The zero-order chi connectivity index (χ0) is 15.6. The first kappa shape index (κ1) is 15.0. The van der Waals surface area contributed by atoms with Crippen molar-refractivity contribution < 1.29 is 9.13 Å². The van der Waals surface area contributed by atoms with Crippen molar-refractivity contribution in [2.45, 2.75) is 26.7 Å². The van der Waals surface area contributed by atoms with Crippen molar-refractivity contribution in [3.8, 4) is 11.5 Å². The van der Waals surface area contributed by atoms with Crippen LogP contribution in [0.1, 0.15) is 36.5 Å². The third-order valence-electron chi connectivity index (χ3n) is 3.25. The maximum absolute atomic E-state index is 14.1. The van der Waals surface area contributed by atoms with Crippen LogP contribution in [-0.2, 0) is 0 Å². The smallest absolute Gasteiger partial charge is 0.166 e. The van der Waals surface area contributed by atoms with Gasteiger partial charge < -0.3 is 10.5 Å². The molecule has 0 atom stereocenters. The monoisotopic (exact) mass is 286 g/mol. The van der Waals surface area contributed by atoms with Gasteiger partial charge in [-0.25, -0.2) is 4.39 Å². The number of nitrogens with two attached hydrogens (primary N) is 1. The first-order valence-corrected chi connectivity index (χ1v) is 6.81. The molecule has 3 N–H and O–H groups in total. The molecule has 0 unspecified atom stereocenters. The van der Waals surface area contributed by atoms with Gasteiger partial charge in [-0.3, -0.25) is 5.41 Å². The summed E-state index contributed by atoms with van der Waals surface area (Å²) < 4.78 is 19.8. The molecule has 0 fully saturated rings. The summed E-state index contributed by atoms with van der Waals surface area (Å²) in [6.45, 7) is 6.09. The van der Waals surface area contributed by atoms with Crippen molar-refractivity contribution in [2.75, 3.05) is 0 Å². The molecule has 2 aromatic rings. The predicted molar refractivity (Wildman–Crippen MR) is 82.8 cm³/mol. The molecule has 0 spiro atoms. The highest BCUT2D eigenvalue weighted by Gasteiger charge is 2.12. The highest BCUT2D eigenvalue weighted by molar-refractivity contribution is 5.95. The van der Waals surface area contributed by atoms with Crippen LogP contribution in [0.3, 0.4) is 0 Å². The summed E-state index contributed by atoms with van der Waals surface area (Å²) >= 11 is 0. The molecule has 0 saturated carbocycles. The number of halogens is 1. The summed E-state index contributed by atoms with van der Waals surface area (Å²) in [5.74, 6) is 0.366. The van der Waals surface area contributed by atoms with Crippen molar-refractivity contribution in [3.05, 3.63) is 58.9 Å². The van der Waals surface area contributed by atoms with Crippen LogP contribution in [0, 0.1) is 18.2 Å². The van der Waals surface area contributed by atoms with E-state index in [4.69, 9.17) is 15.9 Å². The lowest BCUT2D eigenvalue weighted by Crippen LogP contribution is -2.11. The molecule has 110 valence electrons. The molecule has 0 radical (unpaired) electrons. The van der Waals surface area contributed by atoms with Crippen LogP contribution >= 0.6 is 0 Å². The second-order valence-corrected chi connectivity index (χ2v) is 5.36. The third-order valence-corrected chi connectivity index (χ3v) is 3.25. The number of benzene rings is 2. The lowest BCUT2D eigenvalue weighted by atomic mass is 10.0. The molecule has 0 aliphatic heterocycles. The van der Waals surface area contributed by atoms with E-state index in [0.717, 1.165) is 11.1 Å². The largest absolute Gasteiger partial charge is 0.454 e. The van der Waals surface area contributed by atoms with Gasteiger partial charge in [0.05, 0.1) is 0 Å². The van der Waals surface area contributed by atoms with Crippen LogP contribution < -0.4 is 10.5 Å². The highest BCUT2D eigenvalue weighted by atomic mass is 19.1. The second-order valence-electron chi connectivity index (χ2n) is 5.36. The van der Waals surface area contributed by atoms with E-state index >= 15 is 0 Å². The Kier molecular flexibility index (Phi) is 4.26. The molecule has 2 aromatic carbocycles. The van der Waals surface area contributed by atoms with E-state index in [1.54, 1.807) is 6.07 Å². The van der Waals surface area contributed by atoms with E-state index in [9.17, 15) is 4.39 Å². The lowest BCUT2D eigenvalue weighted by molar-refractivity contribution is 0.435. The fourth-order valence-electron chi connectivity index (χ4n) is 2.08. The Morgan fingerprint density at radius 3 is 2.43 bits per heavy atom. The summed E-state index contributed by atoms with van der Waals surface area (Å²) in [5, 5.41) is 7.31. The summed E-state index contributed by atoms with van der Waals surface area (Å²) in [5.41, 5.74) is 7.76. The van der Waals surface area contributed by atoms with E-state index in [0.29, 0.717) is 11.3 Å². The van der Waals surface area contributed by atoms with Gasteiger partial charge in [0.2, 0.25) is 0 Å². The van der Waals surface area contributed by atoms with Crippen LogP contribution in [0.2, 0.25) is 0 Å². The number of rotatable bonds is 4. The Hall–Kier alpha value is -2.36. The SMILES string of the molecule is Cc1ccc(C(C)C)c(Oc2ccc(C(=N)N)cc2F)c1. The van der Waals surface area contributed by atoms with Crippen LogP contribution in [0.5, 0.6) is 11.5 Å². The number of nitrogens with one attached hydrogen (secondary N) is 1. The number of hydrogen-bond acceptors (Lipinski definition) is 2. The van der Waals surface area contributed by atoms with E-state index in [1.807, 2.05) is 25.1 Å². The van der Waals surface area contributed by atoms with Gasteiger partial charge in [0, 0.05) is 5.56 Å². The molecular formula is C17H19FN2O. The van der Waals surface area contributed by atoms with Gasteiger partial charge in [0.15, 0.2) is 11.6 Å². The molecule has 21 heavy (non-hydrogen) atoms. The Balaban J connectivity index is 2.38. The van der Waals surface area contributed by atoms with Gasteiger partial charge in [0.25, 0.3) is 0 Å². The molecule has 2 rings (SSSR count). The Morgan fingerprint density at radius 2 is 1.86 bits per heavy atom. The van der Waals surface area contributed by atoms with Crippen molar-refractivity contribution in [1.29, 1.82) is 5.41 Å². The van der Waals surface area contributed by atoms with E-state index in [1.165, 1.54) is 12.1 Å². The summed E-state index contributed by atoms with van der Waals surface area (Å²) in [6.07, 6.45) is 0. The maximum Gasteiger partial charge on any atom is 0.166 e. The van der Waals surface area contributed by atoms with Crippen molar-refractivity contribution in [2.24, 2.45) is 5.73 Å². The number of ether oxygens (including phenoxy) is 1. The predicted octanol–water partition coefficient (Wildman–Crippen LogP) is 4.33. The van der Waals surface area contributed by atoms with Crippen LogP contribution in [0.4, 0.5) is 4.39 Å². The van der Waals surface area contributed by atoms with E-state index < -0.39 is 5.82 Å². The van der Waals surface area contributed by atoms with Gasteiger partial charge in [-0.15, -0.1) is 0 Å². The molecule has 0 amide bonds. The summed E-state index contributed by atoms with van der Waals surface area (Å²) in [6, 6.07) is 10.2. The first-order chi connectivity index (χ1) is 9.88. The van der Waals surface area contributed by atoms with Crippen LogP contribution in [0.15, 0.2) is 36.4 Å². The van der Waals surface area contributed by atoms with Gasteiger partial charge in [-0.2, -0.15) is 0 Å². The van der Waals surface area contributed by atoms with Gasteiger partial charge in [0.1, 0.15) is 11.6 Å². The lowest BCUT2D eigenvalue weighted by Gasteiger charge is -2.15. The van der Waals surface area contributed by atoms with Crippen molar-refractivity contribution >= 4 is 5.84 Å². The fraction of sp³-hybridized carbons (Fsp3) is 0.235. The van der Waals surface area contributed by atoms with Crippen LogP contribution in [0.25, 0.3) is 0 Å². The minimum absolute atomic E-state index is 0.132. The van der Waals surface area contributed by atoms with E-state index in [-0.39, 0.29) is 17.5 Å². The molecule has 0 heterocycles. The molecule has 0 aliphatic carbocycles. The Labute approximate surface area is 124 Å². The number of hydrogen-bond donors (Lipinski definition) is 2. The second kappa shape index (κ2) is 5.95. The topological polar surface area (TPSA) is 59.1 Å². The Morgan fingerprint density at radius 1 is 1.14 bits per heavy atom. The zero-order valence-electron chi connectivity index (χ0n) is 12.4. The molecule has 0 saturated heterocycles. The fourth-order valence-corrected chi connectivity index (χ4v) is 2.08. The number of nitrogen functional groups attached to an aromatic ring is 1. The first-order valence-electron chi connectivity index (χ1n) is 6.81. The minimum Gasteiger partial charge on any atom is -0.454 e. The molecular weight excluding hydrogens is 267 g/mol. The average Bonchev–Trinajstić information content (AvgIpc) is 2.40.